The van der Waals surface area contributed by atoms with E-state index in [4.69, 9.17) is 15.9 Å². The van der Waals surface area contributed by atoms with Gasteiger partial charge in [0.1, 0.15) is 11.3 Å². The maximum atomic E-state index is 11.9. The summed E-state index contributed by atoms with van der Waals surface area (Å²) in [6, 6.07) is 6.49. The van der Waals surface area contributed by atoms with Crippen molar-refractivity contribution in [1.29, 1.82) is 0 Å². The lowest BCUT2D eigenvalue weighted by atomic mass is 10.2. The van der Waals surface area contributed by atoms with Gasteiger partial charge in [-0.25, -0.2) is 9.79 Å². The number of amides is 4. The number of terminal acetylenes is 1. The number of aliphatic imine (C=N–C) groups is 1. The summed E-state index contributed by atoms with van der Waals surface area (Å²) < 4.78 is 5.42. The fraction of sp³-hybridized carbons (Fsp3) is 0.440. The number of carbonyl (C=O) groups is 3. The maximum absolute atomic E-state index is 11.9. The van der Waals surface area contributed by atoms with E-state index in [1.165, 1.54) is 0 Å². The number of aryl methyl sites for hydroxylation is 1. The van der Waals surface area contributed by atoms with Gasteiger partial charge in [-0.1, -0.05) is 6.42 Å². The van der Waals surface area contributed by atoms with Crippen molar-refractivity contribution in [2.24, 2.45) is 16.5 Å². The van der Waals surface area contributed by atoms with E-state index in [1.807, 2.05) is 17.9 Å². The van der Waals surface area contributed by atoms with Crippen LogP contribution in [0.2, 0.25) is 0 Å². The Morgan fingerprint density at radius 1 is 1.06 bits per heavy atom. The van der Waals surface area contributed by atoms with Gasteiger partial charge in [-0.05, 0) is 56.9 Å². The second kappa shape index (κ2) is 13.6. The average Bonchev–Trinajstić information content (AvgIpc) is 3.43. The first-order valence-electron chi connectivity index (χ1n) is 11.6. The van der Waals surface area contributed by atoms with Crippen molar-refractivity contribution in [3.63, 3.8) is 0 Å². The maximum Gasteiger partial charge on any atom is 0.318 e. The summed E-state index contributed by atoms with van der Waals surface area (Å²) in [7, 11) is 0. The van der Waals surface area contributed by atoms with Gasteiger partial charge in [-0.2, -0.15) is 0 Å². The van der Waals surface area contributed by atoms with E-state index in [0.29, 0.717) is 18.7 Å². The van der Waals surface area contributed by atoms with E-state index in [9.17, 15) is 14.4 Å². The van der Waals surface area contributed by atoms with Crippen LogP contribution >= 0.6 is 0 Å². The molecule has 0 spiro atoms. The van der Waals surface area contributed by atoms with Gasteiger partial charge in [0.25, 0.3) is 0 Å². The molecule has 2 aliphatic heterocycles. The smallest absolute Gasteiger partial charge is 0.318 e. The van der Waals surface area contributed by atoms with Crippen molar-refractivity contribution in [1.82, 2.24) is 15.1 Å². The number of nitrogens with one attached hydrogen (secondary N) is 1. The number of furan rings is 1. The molecule has 35 heavy (non-hydrogen) atoms. The summed E-state index contributed by atoms with van der Waals surface area (Å²) >= 11 is 0. The number of hydrogen-bond donors (Lipinski definition) is 3. The Hall–Kier alpha value is -4.00. The molecule has 4 rings (SSSR count). The number of fused-ring (bicyclic) bond motifs is 1. The van der Waals surface area contributed by atoms with Crippen molar-refractivity contribution in [2.45, 2.75) is 45.4 Å². The Kier molecular flexibility index (Phi) is 10.6. The number of nitrogens with two attached hydrogens (primary N) is 2. The summed E-state index contributed by atoms with van der Waals surface area (Å²) in [4.78, 5) is 41.8. The number of guanidine groups is 1. The van der Waals surface area contributed by atoms with E-state index >= 15 is 0 Å². The molecule has 10 heteroatoms. The molecule has 2 aromatic rings. The van der Waals surface area contributed by atoms with Gasteiger partial charge in [0.2, 0.25) is 17.8 Å². The first-order chi connectivity index (χ1) is 16.8. The molecule has 2 aliphatic rings. The summed E-state index contributed by atoms with van der Waals surface area (Å²) in [6.45, 7) is 4.69. The van der Waals surface area contributed by atoms with Gasteiger partial charge >= 0.3 is 6.03 Å². The lowest BCUT2D eigenvalue weighted by Gasteiger charge is -2.23. The summed E-state index contributed by atoms with van der Waals surface area (Å²) in [5.41, 5.74) is 11.8. The van der Waals surface area contributed by atoms with Crippen molar-refractivity contribution < 1.29 is 18.8 Å². The Labute approximate surface area is 205 Å². The first kappa shape index (κ1) is 27.2. The highest BCUT2D eigenvalue weighted by molar-refractivity contribution is 5.96. The van der Waals surface area contributed by atoms with Crippen LogP contribution in [0.3, 0.4) is 0 Å². The summed E-state index contributed by atoms with van der Waals surface area (Å²) in [5, 5.41) is 3.11. The minimum Gasteiger partial charge on any atom is -0.461 e. The van der Waals surface area contributed by atoms with Crippen LogP contribution in [-0.4, -0.2) is 59.8 Å². The van der Waals surface area contributed by atoms with Crippen molar-refractivity contribution in [3.8, 4) is 12.8 Å². The van der Waals surface area contributed by atoms with E-state index in [1.54, 1.807) is 23.1 Å². The second-order valence-electron chi connectivity index (χ2n) is 8.28. The van der Waals surface area contributed by atoms with Gasteiger partial charge in [0.15, 0.2) is 0 Å². The highest BCUT2D eigenvalue weighted by Gasteiger charge is 2.23. The number of rotatable bonds is 3. The minimum absolute atomic E-state index is 0.0444. The molecule has 0 radical (unpaired) electrons. The predicted molar refractivity (Wildman–Crippen MR) is 136 cm³/mol. The van der Waals surface area contributed by atoms with Crippen molar-refractivity contribution in [2.75, 3.05) is 26.2 Å². The molecule has 10 nitrogen and oxygen atoms in total. The van der Waals surface area contributed by atoms with E-state index in [0.717, 1.165) is 68.5 Å². The molecule has 4 amide bonds. The number of benzene rings is 1. The quantitative estimate of drug-likeness (QED) is 0.349. The Bertz CT molecular complexity index is 1070. The van der Waals surface area contributed by atoms with Crippen LogP contribution in [0, 0.1) is 19.8 Å². The molecule has 0 aliphatic carbocycles. The topological polar surface area (TPSA) is 147 Å². The summed E-state index contributed by atoms with van der Waals surface area (Å²) in [5.74, 6) is 1.07. The van der Waals surface area contributed by atoms with Gasteiger partial charge in [-0.3, -0.25) is 14.9 Å². The highest BCUT2D eigenvalue weighted by Crippen LogP contribution is 2.24. The Balaban J connectivity index is 0.000000231. The predicted octanol–water partition coefficient (Wildman–Crippen LogP) is 2.62. The lowest BCUT2D eigenvalue weighted by Crippen LogP contribution is -2.41. The van der Waals surface area contributed by atoms with Gasteiger partial charge in [0.05, 0.1) is 12.2 Å². The van der Waals surface area contributed by atoms with Gasteiger partial charge in [0, 0.05) is 31.4 Å². The molecule has 5 N–H and O–H groups in total. The van der Waals surface area contributed by atoms with Crippen LogP contribution in [0.1, 0.15) is 44.3 Å². The van der Waals surface area contributed by atoms with Crippen LogP contribution in [0.5, 0.6) is 0 Å². The fourth-order valence-corrected chi connectivity index (χ4v) is 3.96. The van der Waals surface area contributed by atoms with Crippen molar-refractivity contribution >= 4 is 40.5 Å². The first-order valence-corrected chi connectivity index (χ1v) is 11.6. The SMILES string of the molecule is C#C.Cc1cc2cc(N=C(N)NC(N)=O)ccc2o1.O=C(CN1CCCCCC1=O)N1CCCC1. The Morgan fingerprint density at radius 3 is 2.43 bits per heavy atom. The third-order valence-corrected chi connectivity index (χ3v) is 5.58. The third kappa shape index (κ3) is 8.70. The van der Waals surface area contributed by atoms with Crippen LogP contribution < -0.4 is 16.8 Å². The van der Waals surface area contributed by atoms with Gasteiger partial charge in [-0.15, -0.1) is 12.8 Å². The average molecular weight is 483 g/mol. The number of primary amides is 1. The number of likely N-dealkylation sites (tertiary alicyclic amines) is 2. The zero-order chi connectivity index (χ0) is 25.8. The highest BCUT2D eigenvalue weighted by atomic mass is 16.3. The molecule has 0 unspecified atom stereocenters. The molecule has 1 aromatic carbocycles. The van der Waals surface area contributed by atoms with Crippen LogP contribution in [0.15, 0.2) is 33.7 Å². The third-order valence-electron chi connectivity index (χ3n) is 5.58. The lowest BCUT2D eigenvalue weighted by molar-refractivity contribution is -0.139. The van der Waals surface area contributed by atoms with Gasteiger partial charge < -0.3 is 25.7 Å². The molecule has 3 heterocycles. The van der Waals surface area contributed by atoms with E-state index < -0.39 is 6.03 Å². The molecule has 2 fully saturated rings. The fourth-order valence-electron chi connectivity index (χ4n) is 3.96. The number of nitrogens with zero attached hydrogens (tertiary/aromatic N) is 3. The largest absolute Gasteiger partial charge is 0.461 e. The molecule has 0 saturated carbocycles. The summed E-state index contributed by atoms with van der Waals surface area (Å²) in [6.07, 6.45) is 14.0. The van der Waals surface area contributed by atoms with Crippen LogP contribution in [0.25, 0.3) is 11.0 Å². The number of carbonyl (C=O) groups excluding carboxylic acids is 3. The Morgan fingerprint density at radius 2 is 1.74 bits per heavy atom. The molecular weight excluding hydrogens is 448 g/mol. The molecule has 0 bridgehead atoms. The molecule has 1 aromatic heterocycles. The number of urea groups is 1. The van der Waals surface area contributed by atoms with E-state index in [2.05, 4.69) is 23.2 Å². The number of hydrogen-bond acceptors (Lipinski definition) is 5. The normalized spacial score (nSPS) is 16.0. The molecule has 0 atom stereocenters. The van der Waals surface area contributed by atoms with Crippen LogP contribution in [-0.2, 0) is 9.59 Å². The zero-order valence-corrected chi connectivity index (χ0v) is 20.2. The monoisotopic (exact) mass is 482 g/mol. The minimum atomic E-state index is -0.744. The molecule has 188 valence electrons. The standard InChI is InChI=1S/C12H20N2O2.C11H12N4O2.C2H2/c15-11-6-2-1-3-9-14(11)10-12(16)13-7-4-5-8-13;1-6-4-7-5-8(2-3-9(7)17-6)14-10(12)15-11(13)16;1-2/h1-10H2;2-5H,1H3,(H5,12,13,14,15,16);1-2H. The van der Waals surface area contributed by atoms with E-state index in [-0.39, 0.29) is 17.8 Å². The second-order valence-corrected chi connectivity index (χ2v) is 8.28. The zero-order valence-electron chi connectivity index (χ0n) is 20.2. The molecule has 2 saturated heterocycles. The van der Waals surface area contributed by atoms with Crippen molar-refractivity contribution in [3.05, 3.63) is 30.0 Å². The van der Waals surface area contributed by atoms with Crippen LogP contribution in [0.4, 0.5) is 10.5 Å². The molecular formula is C25H34N6O4.